The van der Waals surface area contributed by atoms with Crippen molar-refractivity contribution < 1.29 is 0 Å². The average molecular weight is 411 g/mol. The van der Waals surface area contributed by atoms with Gasteiger partial charge in [-0.1, -0.05) is 91.0 Å². The highest BCUT2D eigenvalue weighted by Gasteiger charge is 2.19. The molecule has 0 radical (unpaired) electrons. The third kappa shape index (κ3) is 2.83. The molecule has 4 aromatic carbocycles. The number of hydrogen-bond acceptors (Lipinski definition) is 0. The first-order valence-electron chi connectivity index (χ1n) is 9.38. The Kier molecular flexibility index (Phi) is 4.18. The molecule has 0 amide bonds. The van der Waals surface area contributed by atoms with Gasteiger partial charge in [-0.05, 0) is 72.9 Å². The maximum atomic E-state index is 3.88. The minimum absolute atomic E-state index is 1.09. The first kappa shape index (κ1) is 16.5. The molecule has 0 bridgehead atoms. The summed E-state index contributed by atoms with van der Waals surface area (Å²) in [6, 6.07) is 28.3. The van der Waals surface area contributed by atoms with E-state index in [-0.39, 0.29) is 0 Å². The Morgan fingerprint density at radius 2 is 1.26 bits per heavy atom. The van der Waals surface area contributed by atoms with Crippen LogP contribution in [0.25, 0.3) is 39.1 Å². The normalized spacial score (nSPS) is 12.9. The fourth-order valence-corrected chi connectivity index (χ4v) is 4.86. The quantitative estimate of drug-likeness (QED) is 0.315. The van der Waals surface area contributed by atoms with Crippen molar-refractivity contribution in [1.82, 2.24) is 0 Å². The van der Waals surface area contributed by atoms with Gasteiger partial charge in [0.25, 0.3) is 0 Å². The van der Waals surface area contributed by atoms with Gasteiger partial charge < -0.3 is 0 Å². The molecule has 0 N–H and O–H groups in total. The van der Waals surface area contributed by atoms with Crippen LogP contribution in [0.1, 0.15) is 17.5 Å². The molecular formula is C26H19Br. The Balaban J connectivity index is 1.74. The molecule has 0 saturated carbocycles. The second kappa shape index (κ2) is 6.83. The lowest BCUT2D eigenvalue weighted by Gasteiger charge is -2.21. The van der Waals surface area contributed by atoms with Gasteiger partial charge in [0.2, 0.25) is 0 Å². The van der Waals surface area contributed by atoms with Crippen molar-refractivity contribution in [2.75, 3.05) is 0 Å². The molecule has 1 aliphatic carbocycles. The van der Waals surface area contributed by atoms with Crippen LogP contribution in [0.15, 0.2) is 89.4 Å². The lowest BCUT2D eigenvalue weighted by molar-refractivity contribution is 0.983. The summed E-state index contributed by atoms with van der Waals surface area (Å²) in [5.41, 5.74) is 7.93. The minimum Gasteiger partial charge on any atom is -0.0836 e. The largest absolute Gasteiger partial charge is 0.0836 e. The van der Waals surface area contributed by atoms with E-state index in [4.69, 9.17) is 0 Å². The first-order valence-corrected chi connectivity index (χ1v) is 10.2. The van der Waals surface area contributed by atoms with Crippen molar-refractivity contribution >= 4 is 32.8 Å². The molecule has 27 heavy (non-hydrogen) atoms. The van der Waals surface area contributed by atoms with E-state index in [1.165, 1.54) is 48.6 Å². The van der Waals surface area contributed by atoms with Crippen LogP contribution < -0.4 is 0 Å². The fourth-order valence-electron chi connectivity index (χ4n) is 4.10. The number of allylic oxidation sites excluding steroid dienone is 1. The summed E-state index contributed by atoms with van der Waals surface area (Å²) < 4.78 is 1.25. The Bertz CT molecular complexity index is 1150. The molecule has 0 atom stereocenters. The monoisotopic (exact) mass is 410 g/mol. The molecule has 1 aliphatic rings. The second-order valence-corrected chi connectivity index (χ2v) is 7.80. The lowest BCUT2D eigenvalue weighted by Crippen LogP contribution is -2.00. The zero-order valence-corrected chi connectivity index (χ0v) is 16.5. The SMILES string of the molecule is Brc1c2c(c(-c3ccc(-c4ccccc4)cc3)c3ccccc13)C=CCC2. The molecule has 4 aromatic rings. The highest BCUT2D eigenvalue weighted by molar-refractivity contribution is 9.10. The number of hydrogen-bond donors (Lipinski definition) is 0. The number of fused-ring (bicyclic) bond motifs is 2. The van der Waals surface area contributed by atoms with E-state index in [1.54, 1.807) is 0 Å². The van der Waals surface area contributed by atoms with Crippen LogP contribution in [-0.4, -0.2) is 0 Å². The van der Waals surface area contributed by atoms with E-state index in [0.717, 1.165) is 12.8 Å². The Labute approximate surface area is 168 Å². The van der Waals surface area contributed by atoms with E-state index >= 15 is 0 Å². The van der Waals surface area contributed by atoms with Gasteiger partial charge in [0.1, 0.15) is 0 Å². The van der Waals surface area contributed by atoms with Gasteiger partial charge >= 0.3 is 0 Å². The van der Waals surface area contributed by atoms with Crippen molar-refractivity contribution in [3.8, 4) is 22.3 Å². The van der Waals surface area contributed by atoms with Gasteiger partial charge in [0, 0.05) is 4.47 Å². The second-order valence-electron chi connectivity index (χ2n) is 7.01. The molecule has 0 aliphatic heterocycles. The highest BCUT2D eigenvalue weighted by Crippen LogP contribution is 2.42. The van der Waals surface area contributed by atoms with Crippen molar-refractivity contribution in [1.29, 1.82) is 0 Å². The van der Waals surface area contributed by atoms with Crippen molar-refractivity contribution in [3.63, 3.8) is 0 Å². The highest BCUT2D eigenvalue weighted by atomic mass is 79.9. The molecule has 1 heteroatoms. The van der Waals surface area contributed by atoms with Crippen LogP contribution >= 0.6 is 15.9 Å². The lowest BCUT2D eigenvalue weighted by atomic mass is 9.85. The molecule has 0 aromatic heterocycles. The molecule has 0 nitrogen and oxygen atoms in total. The predicted octanol–water partition coefficient (Wildman–Crippen LogP) is 7.90. The maximum Gasteiger partial charge on any atom is 0.0292 e. The van der Waals surface area contributed by atoms with Crippen LogP contribution in [0.2, 0.25) is 0 Å². The Morgan fingerprint density at radius 3 is 2.04 bits per heavy atom. The van der Waals surface area contributed by atoms with Gasteiger partial charge in [-0.25, -0.2) is 0 Å². The topological polar surface area (TPSA) is 0 Å². The predicted molar refractivity (Wildman–Crippen MR) is 120 cm³/mol. The Hall–Kier alpha value is -2.64. The van der Waals surface area contributed by atoms with Crippen LogP contribution in [-0.2, 0) is 6.42 Å². The van der Waals surface area contributed by atoms with Crippen LogP contribution in [0.4, 0.5) is 0 Å². The van der Waals surface area contributed by atoms with E-state index in [0.29, 0.717) is 0 Å². The molecule has 0 unspecified atom stereocenters. The third-order valence-corrected chi connectivity index (χ3v) is 6.32. The third-order valence-electron chi connectivity index (χ3n) is 5.42. The molecular weight excluding hydrogens is 392 g/mol. The molecule has 0 heterocycles. The summed E-state index contributed by atoms with van der Waals surface area (Å²) in [4.78, 5) is 0. The summed E-state index contributed by atoms with van der Waals surface area (Å²) in [7, 11) is 0. The van der Waals surface area contributed by atoms with Gasteiger partial charge in [-0.2, -0.15) is 0 Å². The minimum atomic E-state index is 1.09. The summed E-state index contributed by atoms with van der Waals surface area (Å²) in [6.07, 6.45) is 6.80. The molecule has 130 valence electrons. The Morgan fingerprint density at radius 1 is 0.630 bits per heavy atom. The molecule has 0 fully saturated rings. The van der Waals surface area contributed by atoms with Crippen molar-refractivity contribution in [2.24, 2.45) is 0 Å². The van der Waals surface area contributed by atoms with E-state index in [1.807, 2.05) is 0 Å². The molecule has 0 spiro atoms. The summed E-state index contributed by atoms with van der Waals surface area (Å²) in [5, 5.41) is 2.61. The first-order chi connectivity index (χ1) is 13.3. The van der Waals surface area contributed by atoms with Crippen molar-refractivity contribution in [2.45, 2.75) is 12.8 Å². The summed E-state index contributed by atoms with van der Waals surface area (Å²) in [6.45, 7) is 0. The van der Waals surface area contributed by atoms with Crippen molar-refractivity contribution in [3.05, 3.63) is 101 Å². The van der Waals surface area contributed by atoms with E-state index < -0.39 is 0 Å². The summed E-state index contributed by atoms with van der Waals surface area (Å²) >= 11 is 3.88. The van der Waals surface area contributed by atoms with Gasteiger partial charge in [-0.3, -0.25) is 0 Å². The summed E-state index contributed by atoms with van der Waals surface area (Å²) in [5.74, 6) is 0. The average Bonchev–Trinajstić information content (AvgIpc) is 2.75. The van der Waals surface area contributed by atoms with Gasteiger partial charge in [-0.15, -0.1) is 0 Å². The number of rotatable bonds is 2. The van der Waals surface area contributed by atoms with Crippen LogP contribution in [0.3, 0.4) is 0 Å². The van der Waals surface area contributed by atoms with E-state index in [2.05, 4.69) is 107 Å². The number of halogens is 1. The molecule has 5 rings (SSSR count). The maximum absolute atomic E-state index is 3.88. The fraction of sp³-hybridized carbons (Fsp3) is 0.0769. The zero-order valence-electron chi connectivity index (χ0n) is 15.0. The van der Waals surface area contributed by atoms with Gasteiger partial charge in [0.05, 0.1) is 0 Å². The van der Waals surface area contributed by atoms with Crippen LogP contribution in [0, 0.1) is 0 Å². The standard InChI is InChI=1S/C26H19Br/c27-26-23-12-6-4-10-21(23)25(22-11-5-7-13-24(22)26)20-16-14-19(15-17-20)18-8-2-1-3-9-18/h1-6,8-12,14-17H,7,13H2. The molecule has 0 saturated heterocycles. The number of benzene rings is 4. The smallest absolute Gasteiger partial charge is 0.0292 e. The van der Waals surface area contributed by atoms with E-state index in [9.17, 15) is 0 Å². The van der Waals surface area contributed by atoms with Gasteiger partial charge in [0.15, 0.2) is 0 Å². The van der Waals surface area contributed by atoms with Crippen LogP contribution in [0.5, 0.6) is 0 Å². The zero-order chi connectivity index (χ0) is 18.2.